The molecule has 0 saturated heterocycles. The van der Waals surface area contributed by atoms with Crippen molar-refractivity contribution in [3.63, 3.8) is 0 Å². The third-order valence-corrected chi connectivity index (χ3v) is 5.30. The molecule has 0 N–H and O–H groups in total. The molecule has 0 radical (unpaired) electrons. The van der Waals surface area contributed by atoms with Gasteiger partial charge in [-0.25, -0.2) is 4.68 Å². The number of aromatic nitrogens is 2. The molecule has 5 nitrogen and oxygen atoms in total. The van der Waals surface area contributed by atoms with E-state index < -0.39 is 23.3 Å². The van der Waals surface area contributed by atoms with E-state index >= 15 is 0 Å². The standard InChI is InChI=1S/C21H17ClF3N3O2/c1-30-17-7-2-13-8-9-27(12-14(13)10-17)20(29)18-11-26-28(19(18)21(23,24)25)16-5-3-15(22)4-6-16/h2-7,10-11H,8-9,12H2,1H3. The Morgan fingerprint density at radius 3 is 2.53 bits per heavy atom. The highest BCUT2D eigenvalue weighted by atomic mass is 35.5. The first-order valence-corrected chi connectivity index (χ1v) is 9.52. The molecule has 0 atom stereocenters. The van der Waals surface area contributed by atoms with Crippen LogP contribution in [-0.2, 0) is 19.1 Å². The van der Waals surface area contributed by atoms with E-state index in [2.05, 4.69) is 5.10 Å². The van der Waals surface area contributed by atoms with Crippen molar-refractivity contribution in [2.24, 2.45) is 0 Å². The number of amides is 1. The van der Waals surface area contributed by atoms with Gasteiger partial charge in [0.25, 0.3) is 5.91 Å². The maximum atomic E-state index is 13.9. The summed E-state index contributed by atoms with van der Waals surface area (Å²) in [5.74, 6) is -0.0782. The molecule has 0 spiro atoms. The van der Waals surface area contributed by atoms with Gasteiger partial charge in [-0.15, -0.1) is 0 Å². The third-order valence-electron chi connectivity index (χ3n) is 5.05. The van der Waals surface area contributed by atoms with Crippen molar-refractivity contribution in [3.05, 3.63) is 76.1 Å². The monoisotopic (exact) mass is 435 g/mol. The fourth-order valence-electron chi connectivity index (χ4n) is 3.56. The maximum absolute atomic E-state index is 13.9. The van der Waals surface area contributed by atoms with E-state index in [0.29, 0.717) is 23.7 Å². The molecule has 0 unspecified atom stereocenters. The van der Waals surface area contributed by atoms with E-state index in [1.165, 1.54) is 36.3 Å². The number of hydrogen-bond acceptors (Lipinski definition) is 3. The van der Waals surface area contributed by atoms with Gasteiger partial charge in [0.2, 0.25) is 0 Å². The van der Waals surface area contributed by atoms with Crippen LogP contribution in [0, 0.1) is 0 Å². The number of rotatable bonds is 3. The number of carbonyl (C=O) groups is 1. The highest BCUT2D eigenvalue weighted by molar-refractivity contribution is 6.30. The summed E-state index contributed by atoms with van der Waals surface area (Å²) in [6.07, 6.45) is -3.24. The van der Waals surface area contributed by atoms with Gasteiger partial charge in [-0.05, 0) is 53.9 Å². The lowest BCUT2D eigenvalue weighted by Crippen LogP contribution is -2.37. The molecule has 9 heteroatoms. The molecule has 2 heterocycles. The molecule has 3 aromatic rings. The van der Waals surface area contributed by atoms with Crippen LogP contribution in [0.4, 0.5) is 13.2 Å². The Bertz CT molecular complexity index is 1090. The van der Waals surface area contributed by atoms with Gasteiger partial charge in [0.05, 0.1) is 24.6 Å². The molecule has 0 aliphatic carbocycles. The number of fused-ring (bicyclic) bond motifs is 1. The number of nitrogens with zero attached hydrogens (tertiary/aromatic N) is 3. The number of alkyl halides is 3. The quantitative estimate of drug-likeness (QED) is 0.596. The van der Waals surface area contributed by atoms with E-state index in [1.54, 1.807) is 6.07 Å². The van der Waals surface area contributed by atoms with Crippen LogP contribution < -0.4 is 4.74 Å². The van der Waals surface area contributed by atoms with E-state index in [1.807, 2.05) is 12.1 Å². The van der Waals surface area contributed by atoms with Gasteiger partial charge >= 0.3 is 6.18 Å². The number of ether oxygens (including phenoxy) is 1. The summed E-state index contributed by atoms with van der Waals surface area (Å²) in [4.78, 5) is 14.5. The molecular weight excluding hydrogens is 419 g/mol. The van der Waals surface area contributed by atoms with Crippen LogP contribution in [-0.4, -0.2) is 34.2 Å². The number of carbonyl (C=O) groups excluding carboxylic acids is 1. The van der Waals surface area contributed by atoms with Gasteiger partial charge in [0, 0.05) is 18.1 Å². The van der Waals surface area contributed by atoms with Gasteiger partial charge < -0.3 is 9.64 Å². The van der Waals surface area contributed by atoms with Crippen molar-refractivity contribution in [2.75, 3.05) is 13.7 Å². The second-order valence-corrected chi connectivity index (χ2v) is 7.34. The lowest BCUT2D eigenvalue weighted by atomic mass is 9.99. The molecule has 2 aromatic carbocycles. The summed E-state index contributed by atoms with van der Waals surface area (Å²) >= 11 is 5.83. The van der Waals surface area contributed by atoms with Crippen LogP contribution in [0.2, 0.25) is 5.02 Å². The van der Waals surface area contributed by atoms with E-state index in [-0.39, 0.29) is 12.2 Å². The first-order chi connectivity index (χ1) is 14.3. The van der Waals surface area contributed by atoms with E-state index in [4.69, 9.17) is 16.3 Å². The fraction of sp³-hybridized carbons (Fsp3) is 0.238. The Morgan fingerprint density at radius 2 is 1.87 bits per heavy atom. The van der Waals surface area contributed by atoms with Crippen LogP contribution >= 0.6 is 11.6 Å². The zero-order valence-corrected chi connectivity index (χ0v) is 16.7. The lowest BCUT2D eigenvalue weighted by Gasteiger charge is -2.29. The molecule has 4 rings (SSSR count). The van der Waals surface area contributed by atoms with E-state index in [0.717, 1.165) is 22.0 Å². The largest absolute Gasteiger partial charge is 0.497 e. The van der Waals surface area contributed by atoms with Gasteiger partial charge in [-0.2, -0.15) is 18.3 Å². The third kappa shape index (κ3) is 3.75. The second-order valence-electron chi connectivity index (χ2n) is 6.90. The van der Waals surface area contributed by atoms with Crippen LogP contribution in [0.15, 0.2) is 48.7 Å². The summed E-state index contributed by atoms with van der Waals surface area (Å²) in [5.41, 5.74) is 0.481. The molecule has 1 aliphatic rings. The summed E-state index contributed by atoms with van der Waals surface area (Å²) < 4.78 is 47.6. The number of hydrogen-bond donors (Lipinski definition) is 0. The number of halogens is 4. The Morgan fingerprint density at radius 1 is 1.13 bits per heavy atom. The molecule has 156 valence electrons. The minimum atomic E-state index is -4.77. The molecule has 30 heavy (non-hydrogen) atoms. The summed E-state index contributed by atoms with van der Waals surface area (Å²) in [6.45, 7) is 0.524. The molecule has 1 amide bonds. The molecule has 0 fully saturated rings. The van der Waals surface area contributed by atoms with Crippen LogP contribution in [0.5, 0.6) is 5.75 Å². The predicted octanol–water partition coefficient (Wildman–Crippen LogP) is 4.75. The highest BCUT2D eigenvalue weighted by Gasteiger charge is 2.41. The lowest BCUT2D eigenvalue weighted by molar-refractivity contribution is -0.143. The molecule has 1 aliphatic heterocycles. The summed E-state index contributed by atoms with van der Waals surface area (Å²) in [7, 11) is 1.54. The highest BCUT2D eigenvalue weighted by Crippen LogP contribution is 2.35. The first-order valence-electron chi connectivity index (χ1n) is 9.14. The average Bonchev–Trinajstić information content (AvgIpc) is 3.18. The summed E-state index contributed by atoms with van der Waals surface area (Å²) in [6, 6.07) is 11.3. The second kappa shape index (κ2) is 7.68. The first kappa shape index (κ1) is 20.3. The fourth-order valence-corrected chi connectivity index (χ4v) is 3.69. The number of benzene rings is 2. The zero-order chi connectivity index (χ0) is 21.5. The molecular formula is C21H17ClF3N3O2. The predicted molar refractivity (Wildman–Crippen MR) is 105 cm³/mol. The van der Waals surface area contributed by atoms with Crippen molar-refractivity contribution in [1.82, 2.24) is 14.7 Å². The van der Waals surface area contributed by atoms with Crippen molar-refractivity contribution in [3.8, 4) is 11.4 Å². The Hall–Kier alpha value is -3.00. The Labute approximate surface area is 175 Å². The zero-order valence-electron chi connectivity index (χ0n) is 15.9. The minimum Gasteiger partial charge on any atom is -0.497 e. The number of methoxy groups -OCH3 is 1. The molecule has 0 saturated carbocycles. The van der Waals surface area contributed by atoms with Crippen LogP contribution in [0.3, 0.4) is 0 Å². The van der Waals surface area contributed by atoms with Crippen molar-refractivity contribution in [1.29, 1.82) is 0 Å². The summed E-state index contributed by atoms with van der Waals surface area (Å²) in [5, 5.41) is 4.24. The van der Waals surface area contributed by atoms with Gasteiger partial charge in [-0.3, -0.25) is 4.79 Å². The topological polar surface area (TPSA) is 47.4 Å². The van der Waals surface area contributed by atoms with Gasteiger partial charge in [0.1, 0.15) is 5.75 Å². The normalized spacial score (nSPS) is 13.8. The van der Waals surface area contributed by atoms with Crippen LogP contribution in [0.25, 0.3) is 5.69 Å². The Balaban J connectivity index is 1.70. The Kier molecular flexibility index (Phi) is 5.19. The minimum absolute atomic E-state index is 0.166. The van der Waals surface area contributed by atoms with Crippen molar-refractivity contribution >= 4 is 17.5 Å². The van der Waals surface area contributed by atoms with Crippen molar-refractivity contribution < 1.29 is 22.7 Å². The molecule has 0 bridgehead atoms. The average molecular weight is 436 g/mol. The maximum Gasteiger partial charge on any atom is 0.434 e. The van der Waals surface area contributed by atoms with Gasteiger partial charge in [-0.1, -0.05) is 17.7 Å². The smallest absolute Gasteiger partial charge is 0.434 e. The van der Waals surface area contributed by atoms with Crippen LogP contribution in [0.1, 0.15) is 27.2 Å². The van der Waals surface area contributed by atoms with Crippen molar-refractivity contribution in [2.45, 2.75) is 19.1 Å². The molecule has 1 aromatic heterocycles. The van der Waals surface area contributed by atoms with Gasteiger partial charge in [0.15, 0.2) is 5.69 Å². The SMILES string of the molecule is COc1ccc2c(c1)CN(C(=O)c1cnn(-c3ccc(Cl)cc3)c1C(F)(F)F)CC2. The van der Waals surface area contributed by atoms with E-state index in [9.17, 15) is 18.0 Å².